The maximum Gasteiger partial charge on any atom is 0.269 e. The van der Waals surface area contributed by atoms with Gasteiger partial charge in [-0.3, -0.25) is 25.4 Å². The molecule has 29 heavy (non-hydrogen) atoms. The van der Waals surface area contributed by atoms with Gasteiger partial charge in [-0.1, -0.05) is 36.4 Å². The molecule has 0 saturated carbocycles. The molecule has 0 atom stereocenters. The van der Waals surface area contributed by atoms with Crippen LogP contribution in [-0.4, -0.2) is 19.3 Å². The molecule has 1 aromatic heterocycles. The van der Waals surface area contributed by atoms with Gasteiger partial charge in [-0.15, -0.1) is 0 Å². The van der Waals surface area contributed by atoms with Crippen LogP contribution in [0.4, 0.5) is 5.69 Å². The van der Waals surface area contributed by atoms with Gasteiger partial charge in [0.2, 0.25) is 0 Å². The first-order valence-electron chi connectivity index (χ1n) is 8.40. The summed E-state index contributed by atoms with van der Waals surface area (Å²) in [5.74, 6) is -0.526. The number of nitrogens with one attached hydrogen (secondary N) is 3. The smallest absolute Gasteiger partial charge is 0.269 e. The van der Waals surface area contributed by atoms with Crippen LogP contribution in [0.15, 0.2) is 84.4 Å². The van der Waals surface area contributed by atoms with Crippen molar-refractivity contribution in [2.75, 3.05) is 4.72 Å². The summed E-state index contributed by atoms with van der Waals surface area (Å²) in [4.78, 5) is 16.4. The van der Waals surface area contributed by atoms with E-state index in [1.54, 1.807) is 42.6 Å². The number of anilines is 1. The van der Waals surface area contributed by atoms with Crippen LogP contribution in [0.5, 0.6) is 0 Å². The second kappa shape index (κ2) is 8.76. The number of halogens is 1. The van der Waals surface area contributed by atoms with Crippen LogP contribution >= 0.6 is 11.6 Å². The first-order chi connectivity index (χ1) is 13.8. The minimum absolute atomic E-state index is 0.0614. The fraction of sp³-hybridized carbons (Fsp3) is 0. The van der Waals surface area contributed by atoms with Crippen LogP contribution < -0.4 is 15.6 Å². The highest BCUT2D eigenvalue weighted by atomic mass is 35.5. The minimum Gasteiger partial charge on any atom is -0.297 e. The Balaban J connectivity index is 1.71. The predicted molar refractivity (Wildman–Crippen MR) is 113 cm³/mol. The number of hydrazine groups is 1. The Morgan fingerprint density at radius 1 is 0.966 bits per heavy atom. The quantitative estimate of drug-likeness (QED) is 0.500. The van der Waals surface area contributed by atoms with Crippen LogP contribution in [0.3, 0.4) is 0 Å². The van der Waals surface area contributed by atoms with Gasteiger partial charge in [-0.25, -0.2) is 8.42 Å². The number of sulfonamides is 1. The molecule has 7 nitrogen and oxygen atoms in total. The zero-order valence-electron chi connectivity index (χ0n) is 15.1. The van der Waals surface area contributed by atoms with Gasteiger partial charge in [0.05, 0.1) is 22.0 Å². The lowest BCUT2D eigenvalue weighted by atomic mass is 10.2. The topological polar surface area (TPSA) is 100 Å². The standard InChI is InChI=1S/C20H17ClN4O3S/c1-14(19-10-2-3-11-22-19)23-24-20(26)15-6-4-9-18(12-15)29(27,28)25-17-8-5-7-16(21)13-17/h2-13,23,25H,1H2,(H,24,26). The number of benzene rings is 2. The van der Waals surface area contributed by atoms with Crippen molar-refractivity contribution < 1.29 is 13.2 Å². The van der Waals surface area contributed by atoms with Crippen molar-refractivity contribution in [1.82, 2.24) is 15.8 Å². The summed E-state index contributed by atoms with van der Waals surface area (Å²) >= 11 is 5.88. The third-order valence-corrected chi connectivity index (χ3v) is 5.40. The minimum atomic E-state index is -3.90. The summed E-state index contributed by atoms with van der Waals surface area (Å²) < 4.78 is 27.7. The summed E-state index contributed by atoms with van der Waals surface area (Å²) in [5, 5.41) is 0.400. The molecule has 0 aliphatic rings. The molecule has 1 amide bonds. The molecule has 9 heteroatoms. The maximum atomic E-state index is 12.6. The predicted octanol–water partition coefficient (Wildman–Crippen LogP) is 3.44. The molecule has 148 valence electrons. The molecule has 0 bridgehead atoms. The van der Waals surface area contributed by atoms with Gasteiger partial charge in [0.1, 0.15) is 0 Å². The second-order valence-corrected chi connectivity index (χ2v) is 8.04. The number of carbonyl (C=O) groups is 1. The Bertz CT molecular complexity index is 1150. The zero-order valence-corrected chi connectivity index (χ0v) is 16.7. The van der Waals surface area contributed by atoms with E-state index in [1.165, 1.54) is 30.3 Å². The van der Waals surface area contributed by atoms with Crippen molar-refractivity contribution in [2.45, 2.75) is 4.90 Å². The maximum absolute atomic E-state index is 12.6. The molecule has 0 aliphatic carbocycles. The van der Waals surface area contributed by atoms with E-state index < -0.39 is 15.9 Å². The highest BCUT2D eigenvalue weighted by Gasteiger charge is 2.17. The molecule has 0 saturated heterocycles. The summed E-state index contributed by atoms with van der Waals surface area (Å²) in [6, 6.07) is 17.3. The van der Waals surface area contributed by atoms with Crippen LogP contribution in [0, 0.1) is 0 Å². The third-order valence-electron chi connectivity index (χ3n) is 3.78. The fourth-order valence-electron chi connectivity index (χ4n) is 2.38. The first-order valence-corrected chi connectivity index (χ1v) is 10.3. The van der Waals surface area contributed by atoms with Crippen LogP contribution in [0.2, 0.25) is 5.02 Å². The molecule has 0 spiro atoms. The average molecular weight is 429 g/mol. The molecule has 0 radical (unpaired) electrons. The van der Waals surface area contributed by atoms with Gasteiger partial charge in [-0.05, 0) is 48.5 Å². The Morgan fingerprint density at radius 3 is 2.48 bits per heavy atom. The molecular formula is C20H17ClN4O3S. The monoisotopic (exact) mass is 428 g/mol. The van der Waals surface area contributed by atoms with Gasteiger partial charge in [0.25, 0.3) is 15.9 Å². The molecule has 2 aromatic carbocycles. The van der Waals surface area contributed by atoms with Crippen molar-refractivity contribution in [2.24, 2.45) is 0 Å². The van der Waals surface area contributed by atoms with E-state index in [0.717, 1.165) is 0 Å². The largest absolute Gasteiger partial charge is 0.297 e. The van der Waals surface area contributed by atoms with Crippen LogP contribution in [0.25, 0.3) is 5.70 Å². The van der Waals surface area contributed by atoms with E-state index in [9.17, 15) is 13.2 Å². The number of pyridine rings is 1. The Hall–Kier alpha value is -3.36. The SMILES string of the molecule is C=C(NNC(=O)c1cccc(S(=O)(=O)Nc2cccc(Cl)c2)c1)c1ccccn1. The molecule has 1 heterocycles. The number of amides is 1. The van der Waals surface area contributed by atoms with E-state index >= 15 is 0 Å². The van der Waals surface area contributed by atoms with Crippen molar-refractivity contribution in [3.63, 3.8) is 0 Å². The molecule has 0 fully saturated rings. The van der Waals surface area contributed by atoms with Crippen LogP contribution in [0.1, 0.15) is 16.1 Å². The lowest BCUT2D eigenvalue weighted by Gasteiger charge is -2.12. The van der Waals surface area contributed by atoms with E-state index in [4.69, 9.17) is 11.6 Å². The highest BCUT2D eigenvalue weighted by molar-refractivity contribution is 7.92. The molecule has 0 unspecified atom stereocenters. The summed E-state index contributed by atoms with van der Waals surface area (Å²) in [6.45, 7) is 3.80. The normalized spacial score (nSPS) is 10.8. The van der Waals surface area contributed by atoms with Crippen molar-refractivity contribution in [1.29, 1.82) is 0 Å². The molecule has 3 N–H and O–H groups in total. The van der Waals surface area contributed by atoms with E-state index in [1.807, 2.05) is 0 Å². The third kappa shape index (κ3) is 5.34. The summed E-state index contributed by atoms with van der Waals surface area (Å²) in [5.41, 5.74) is 6.57. The first kappa shape index (κ1) is 20.4. The number of nitrogens with zero attached hydrogens (tertiary/aromatic N) is 1. The number of rotatable bonds is 7. The van der Waals surface area contributed by atoms with Gasteiger partial charge >= 0.3 is 0 Å². The Kier molecular flexibility index (Phi) is 6.16. The van der Waals surface area contributed by atoms with Crippen molar-refractivity contribution in [3.05, 3.63) is 95.8 Å². The molecule has 3 rings (SSSR count). The van der Waals surface area contributed by atoms with Gasteiger partial charge in [0.15, 0.2) is 0 Å². The number of aromatic nitrogens is 1. The lowest BCUT2D eigenvalue weighted by molar-refractivity contribution is 0.0942. The van der Waals surface area contributed by atoms with Gasteiger partial charge < -0.3 is 0 Å². The average Bonchev–Trinajstić information content (AvgIpc) is 2.72. The summed E-state index contributed by atoms with van der Waals surface area (Å²) in [7, 11) is -3.90. The zero-order chi connectivity index (χ0) is 20.9. The molecular weight excluding hydrogens is 412 g/mol. The van der Waals surface area contributed by atoms with Crippen molar-refractivity contribution in [3.8, 4) is 0 Å². The highest BCUT2D eigenvalue weighted by Crippen LogP contribution is 2.20. The van der Waals surface area contributed by atoms with E-state index in [0.29, 0.717) is 22.1 Å². The second-order valence-electron chi connectivity index (χ2n) is 5.92. The number of carbonyl (C=O) groups excluding carboxylic acids is 1. The summed E-state index contributed by atoms with van der Waals surface area (Å²) in [6.07, 6.45) is 1.60. The van der Waals surface area contributed by atoms with E-state index in [2.05, 4.69) is 27.1 Å². The van der Waals surface area contributed by atoms with Crippen molar-refractivity contribution >= 4 is 38.9 Å². The number of hydrogen-bond donors (Lipinski definition) is 3. The molecule has 0 aliphatic heterocycles. The van der Waals surface area contributed by atoms with Gasteiger partial charge in [0, 0.05) is 16.8 Å². The van der Waals surface area contributed by atoms with Crippen LogP contribution in [-0.2, 0) is 10.0 Å². The fourth-order valence-corrected chi connectivity index (χ4v) is 3.67. The Labute approximate surface area is 173 Å². The van der Waals surface area contributed by atoms with E-state index in [-0.39, 0.29) is 10.5 Å². The lowest BCUT2D eigenvalue weighted by Crippen LogP contribution is -2.36. The number of hydrogen-bond acceptors (Lipinski definition) is 5. The molecule has 3 aromatic rings. The van der Waals surface area contributed by atoms with Gasteiger partial charge in [-0.2, -0.15) is 0 Å². The Morgan fingerprint density at radius 2 is 1.76 bits per heavy atom.